The second-order valence-electron chi connectivity index (χ2n) is 7.41. The van der Waals surface area contributed by atoms with Gasteiger partial charge in [0.2, 0.25) is 5.91 Å². The number of hydrogen-bond acceptors (Lipinski definition) is 4. The van der Waals surface area contributed by atoms with Crippen LogP contribution in [0.1, 0.15) is 44.9 Å². The van der Waals surface area contributed by atoms with Gasteiger partial charge in [-0.25, -0.2) is 4.79 Å². The Bertz CT molecular complexity index is 596. The Morgan fingerprint density at radius 3 is 2.44 bits per heavy atom. The van der Waals surface area contributed by atoms with Gasteiger partial charge in [0.1, 0.15) is 0 Å². The first-order chi connectivity index (χ1) is 13.2. The molecule has 0 atom stereocenters. The lowest BCUT2D eigenvalue weighted by atomic mass is 9.96. The molecule has 2 aliphatic rings. The van der Waals surface area contributed by atoms with Crippen LogP contribution < -0.4 is 15.5 Å². The molecule has 148 valence electrons. The van der Waals surface area contributed by atoms with Crippen molar-refractivity contribution in [3.63, 3.8) is 0 Å². The number of pyridine rings is 1. The fourth-order valence-corrected chi connectivity index (χ4v) is 3.85. The molecule has 3 rings (SSSR count). The molecule has 27 heavy (non-hydrogen) atoms. The highest BCUT2D eigenvalue weighted by Crippen LogP contribution is 2.17. The number of hydrogen-bond donors (Lipinski definition) is 2. The van der Waals surface area contributed by atoms with Crippen LogP contribution in [-0.4, -0.2) is 60.6 Å². The third-order valence-corrected chi connectivity index (χ3v) is 5.45. The molecule has 0 bridgehead atoms. The van der Waals surface area contributed by atoms with E-state index in [2.05, 4.69) is 20.5 Å². The summed E-state index contributed by atoms with van der Waals surface area (Å²) in [5, 5.41) is 5.92. The van der Waals surface area contributed by atoms with Gasteiger partial charge in [-0.2, -0.15) is 0 Å². The molecule has 3 amide bonds. The Balaban J connectivity index is 1.28. The third-order valence-electron chi connectivity index (χ3n) is 5.45. The van der Waals surface area contributed by atoms with Crippen molar-refractivity contribution in [2.75, 3.05) is 37.6 Å². The largest absolute Gasteiger partial charge is 0.368 e. The summed E-state index contributed by atoms with van der Waals surface area (Å²) < 4.78 is 0. The topological polar surface area (TPSA) is 77.6 Å². The van der Waals surface area contributed by atoms with Crippen molar-refractivity contribution >= 4 is 17.6 Å². The molecule has 2 N–H and O–H groups in total. The lowest BCUT2D eigenvalue weighted by molar-refractivity contribution is -0.131. The summed E-state index contributed by atoms with van der Waals surface area (Å²) in [6.45, 7) is 3.73. The van der Waals surface area contributed by atoms with E-state index in [1.54, 1.807) is 12.4 Å². The van der Waals surface area contributed by atoms with Gasteiger partial charge in [0, 0.05) is 63.3 Å². The first-order valence-corrected chi connectivity index (χ1v) is 10.2. The van der Waals surface area contributed by atoms with Crippen molar-refractivity contribution in [1.29, 1.82) is 0 Å². The number of piperazine rings is 1. The van der Waals surface area contributed by atoms with E-state index >= 15 is 0 Å². The Morgan fingerprint density at radius 2 is 1.74 bits per heavy atom. The molecule has 0 radical (unpaired) electrons. The Morgan fingerprint density at radius 1 is 1.04 bits per heavy atom. The highest BCUT2D eigenvalue weighted by Gasteiger charge is 2.21. The van der Waals surface area contributed by atoms with Crippen LogP contribution in [0.25, 0.3) is 0 Å². The monoisotopic (exact) mass is 373 g/mol. The molecule has 7 nitrogen and oxygen atoms in total. The molecule has 2 heterocycles. The van der Waals surface area contributed by atoms with Crippen LogP contribution in [0.4, 0.5) is 10.5 Å². The number of aromatic nitrogens is 1. The molecule has 1 aromatic rings. The van der Waals surface area contributed by atoms with Crippen LogP contribution in [0.2, 0.25) is 0 Å². The van der Waals surface area contributed by atoms with Gasteiger partial charge in [-0.15, -0.1) is 0 Å². The second-order valence-corrected chi connectivity index (χ2v) is 7.41. The molecule has 1 saturated heterocycles. The van der Waals surface area contributed by atoms with E-state index in [0.717, 1.165) is 44.7 Å². The van der Waals surface area contributed by atoms with Crippen LogP contribution in [0, 0.1) is 0 Å². The molecule has 1 aliphatic heterocycles. The van der Waals surface area contributed by atoms with Gasteiger partial charge in [-0.1, -0.05) is 19.3 Å². The van der Waals surface area contributed by atoms with E-state index in [1.165, 1.54) is 19.3 Å². The molecule has 0 spiro atoms. The smallest absolute Gasteiger partial charge is 0.315 e. The average Bonchev–Trinajstić information content (AvgIpc) is 2.72. The first-order valence-electron chi connectivity index (χ1n) is 10.2. The van der Waals surface area contributed by atoms with Crippen LogP contribution in [-0.2, 0) is 4.79 Å². The summed E-state index contributed by atoms with van der Waals surface area (Å²) in [6, 6.07) is 4.22. The van der Waals surface area contributed by atoms with Gasteiger partial charge in [0.25, 0.3) is 0 Å². The minimum absolute atomic E-state index is 0.0969. The predicted molar refractivity (Wildman–Crippen MR) is 106 cm³/mol. The molecule has 1 aromatic heterocycles. The van der Waals surface area contributed by atoms with Crippen molar-refractivity contribution in [3.05, 3.63) is 24.5 Å². The number of carbonyl (C=O) groups excluding carboxylic acids is 2. The lowest BCUT2D eigenvalue weighted by Crippen LogP contribution is -2.49. The molecule has 0 aromatic carbocycles. The fraction of sp³-hybridized carbons (Fsp3) is 0.650. The Kier molecular flexibility index (Phi) is 7.30. The molecule has 1 aliphatic carbocycles. The minimum Gasteiger partial charge on any atom is -0.368 e. The van der Waals surface area contributed by atoms with Crippen molar-refractivity contribution in [2.24, 2.45) is 0 Å². The number of nitrogens with one attached hydrogen (secondary N) is 2. The van der Waals surface area contributed by atoms with Crippen LogP contribution in [0.3, 0.4) is 0 Å². The van der Waals surface area contributed by atoms with E-state index in [1.807, 2.05) is 17.0 Å². The van der Waals surface area contributed by atoms with E-state index < -0.39 is 0 Å². The van der Waals surface area contributed by atoms with Crippen molar-refractivity contribution in [2.45, 2.75) is 51.0 Å². The number of nitrogens with zero attached hydrogens (tertiary/aromatic N) is 3. The van der Waals surface area contributed by atoms with Crippen molar-refractivity contribution in [3.8, 4) is 0 Å². The van der Waals surface area contributed by atoms with E-state index in [-0.39, 0.29) is 11.9 Å². The maximum absolute atomic E-state index is 12.4. The summed E-state index contributed by atoms with van der Waals surface area (Å²) in [6.07, 6.45) is 10.6. The SMILES string of the molecule is O=C(NCCCC(=O)N1CCN(c2ccncc2)CC1)NC1CCCCC1. The Hall–Kier alpha value is -2.31. The van der Waals surface area contributed by atoms with Crippen LogP contribution in [0.5, 0.6) is 0 Å². The number of anilines is 1. The molecule has 7 heteroatoms. The van der Waals surface area contributed by atoms with Crippen LogP contribution in [0.15, 0.2) is 24.5 Å². The zero-order chi connectivity index (χ0) is 18.9. The Labute approximate surface area is 161 Å². The normalized spacial score (nSPS) is 18.2. The van der Waals surface area contributed by atoms with Gasteiger partial charge in [-0.05, 0) is 31.4 Å². The number of rotatable bonds is 6. The predicted octanol–water partition coefficient (Wildman–Crippen LogP) is 2.14. The zero-order valence-corrected chi connectivity index (χ0v) is 16.0. The van der Waals surface area contributed by atoms with E-state index in [4.69, 9.17) is 0 Å². The minimum atomic E-state index is -0.0969. The van der Waals surface area contributed by atoms with Crippen LogP contribution >= 0.6 is 0 Å². The molecule has 1 saturated carbocycles. The van der Waals surface area contributed by atoms with Crippen molar-refractivity contribution < 1.29 is 9.59 Å². The number of carbonyl (C=O) groups is 2. The van der Waals surface area contributed by atoms with E-state index in [9.17, 15) is 9.59 Å². The average molecular weight is 374 g/mol. The number of amides is 3. The van der Waals surface area contributed by atoms with Gasteiger partial charge < -0.3 is 20.4 Å². The van der Waals surface area contributed by atoms with Crippen molar-refractivity contribution in [1.82, 2.24) is 20.5 Å². The standard InChI is InChI=1S/C20H31N5O2/c26-19(7-4-10-22-20(27)23-17-5-2-1-3-6-17)25-15-13-24(14-16-25)18-8-11-21-12-9-18/h8-9,11-12,17H,1-7,10,13-16H2,(H2,22,23,27). The third kappa shape index (κ3) is 6.12. The second kappa shape index (κ2) is 10.1. The summed E-state index contributed by atoms with van der Waals surface area (Å²) in [7, 11) is 0. The van der Waals surface area contributed by atoms with Gasteiger partial charge in [0.05, 0.1) is 0 Å². The zero-order valence-electron chi connectivity index (χ0n) is 16.0. The van der Waals surface area contributed by atoms with E-state index in [0.29, 0.717) is 25.4 Å². The van der Waals surface area contributed by atoms with Gasteiger partial charge >= 0.3 is 6.03 Å². The first kappa shape index (κ1) is 19.5. The van der Waals surface area contributed by atoms with Gasteiger partial charge in [-0.3, -0.25) is 9.78 Å². The number of urea groups is 1. The van der Waals surface area contributed by atoms with Gasteiger partial charge in [0.15, 0.2) is 0 Å². The highest BCUT2D eigenvalue weighted by atomic mass is 16.2. The summed E-state index contributed by atoms with van der Waals surface area (Å²) in [5.41, 5.74) is 1.16. The molecular formula is C20H31N5O2. The quantitative estimate of drug-likeness (QED) is 0.749. The maximum Gasteiger partial charge on any atom is 0.315 e. The lowest BCUT2D eigenvalue weighted by Gasteiger charge is -2.36. The fourth-order valence-electron chi connectivity index (χ4n) is 3.85. The summed E-state index contributed by atoms with van der Waals surface area (Å²) >= 11 is 0. The molecule has 2 fully saturated rings. The molecular weight excluding hydrogens is 342 g/mol. The summed E-state index contributed by atoms with van der Waals surface area (Å²) in [4.78, 5) is 32.5. The molecule has 0 unspecified atom stereocenters. The highest BCUT2D eigenvalue weighted by molar-refractivity contribution is 5.77. The maximum atomic E-state index is 12.4. The summed E-state index contributed by atoms with van der Waals surface area (Å²) in [5.74, 6) is 0.180.